The van der Waals surface area contributed by atoms with Crippen LogP contribution in [0.1, 0.15) is 76.0 Å². The molecule has 0 aliphatic heterocycles. The van der Waals surface area contributed by atoms with E-state index in [0.717, 1.165) is 0 Å². The number of hydrogen-bond acceptors (Lipinski definition) is 0. The van der Waals surface area contributed by atoms with E-state index in [-0.39, 0.29) is 9.90 Å². The molecule has 0 spiro atoms. The second-order valence-corrected chi connectivity index (χ2v) is 6.33. The van der Waals surface area contributed by atoms with Crippen molar-refractivity contribution in [2.75, 3.05) is 0 Å². The summed E-state index contributed by atoms with van der Waals surface area (Å²) in [5.41, 5.74) is 4.84. The highest BCUT2D eigenvalue weighted by molar-refractivity contribution is 9.10. The Morgan fingerprint density at radius 2 is 1.25 bits per heavy atom. The van der Waals surface area contributed by atoms with Crippen LogP contribution in [0.15, 0.2) is 16.6 Å². The van der Waals surface area contributed by atoms with E-state index in [2.05, 4.69) is 48.8 Å². The maximum absolute atomic E-state index is 3.77. The average molecular weight is 359 g/mol. The molecule has 0 amide bonds. The van der Waals surface area contributed by atoms with Crippen LogP contribution in [0, 0.1) is 0 Å². The van der Waals surface area contributed by atoms with E-state index in [0.29, 0.717) is 0 Å². The fraction of sp³-hybridized carbons (Fsp3) is 0.667. The molecule has 116 valence electrons. The Kier molecular flexibility index (Phi) is 11.8. The van der Waals surface area contributed by atoms with E-state index in [1.165, 1.54) is 62.3 Å². The normalized spacial score (nSPS) is 10.4. The maximum Gasteiger partial charge on any atom is 0.0210 e. The van der Waals surface area contributed by atoms with Gasteiger partial charge < -0.3 is 0 Å². The zero-order valence-electron chi connectivity index (χ0n) is 13.6. The summed E-state index contributed by atoms with van der Waals surface area (Å²) in [6, 6.07) is 4.62. The lowest BCUT2D eigenvalue weighted by Gasteiger charge is -2.17. The minimum atomic E-state index is 0. The van der Waals surface area contributed by atoms with Gasteiger partial charge in [-0.3, -0.25) is 0 Å². The van der Waals surface area contributed by atoms with Gasteiger partial charge in [-0.2, -0.15) is 9.90 Å². The first-order valence-corrected chi connectivity index (χ1v) is 8.82. The van der Waals surface area contributed by atoms with Crippen molar-refractivity contribution in [2.24, 2.45) is 0 Å². The Hall–Kier alpha value is 0.130. The molecule has 0 aliphatic carbocycles. The van der Waals surface area contributed by atoms with Gasteiger partial charge in [-0.05, 0) is 61.3 Å². The van der Waals surface area contributed by atoms with E-state index in [9.17, 15) is 0 Å². The van der Waals surface area contributed by atoms with Gasteiger partial charge in [0.1, 0.15) is 0 Å². The molecule has 2 heteroatoms. The van der Waals surface area contributed by atoms with Crippen LogP contribution in [0.25, 0.3) is 0 Å². The highest BCUT2D eigenvalue weighted by atomic mass is 79.9. The highest BCUT2D eigenvalue weighted by Crippen LogP contribution is 2.28. The van der Waals surface area contributed by atoms with Crippen molar-refractivity contribution >= 4 is 25.8 Å². The van der Waals surface area contributed by atoms with Gasteiger partial charge in [-0.25, -0.2) is 0 Å². The fourth-order valence-electron chi connectivity index (χ4n) is 2.60. The van der Waals surface area contributed by atoms with Gasteiger partial charge in [-0.15, -0.1) is 0 Å². The number of aryl methyl sites for hydroxylation is 1. The van der Waals surface area contributed by atoms with Gasteiger partial charge in [0.15, 0.2) is 0 Å². The zero-order chi connectivity index (χ0) is 14.1. The third-order valence-corrected chi connectivity index (χ3v) is 4.57. The molecule has 0 bridgehead atoms. The molecular formula is C18H32BrP. The number of benzene rings is 1. The van der Waals surface area contributed by atoms with Crippen molar-refractivity contribution < 1.29 is 0 Å². The van der Waals surface area contributed by atoms with Crippen molar-refractivity contribution in [1.29, 1.82) is 0 Å². The minimum absolute atomic E-state index is 0. The zero-order valence-corrected chi connectivity index (χ0v) is 16.6. The topological polar surface area (TPSA) is 0 Å². The summed E-state index contributed by atoms with van der Waals surface area (Å²) >= 11 is 3.77. The van der Waals surface area contributed by atoms with Gasteiger partial charge in [0.2, 0.25) is 0 Å². The first-order chi connectivity index (χ1) is 9.24. The molecule has 1 aromatic carbocycles. The summed E-state index contributed by atoms with van der Waals surface area (Å²) in [4.78, 5) is 0. The molecule has 0 fully saturated rings. The smallest absolute Gasteiger partial charge is 0.0210 e. The average Bonchev–Trinajstić information content (AvgIpc) is 2.42. The highest BCUT2D eigenvalue weighted by Gasteiger charge is 2.11. The first kappa shape index (κ1) is 20.1. The van der Waals surface area contributed by atoms with E-state index in [1.54, 1.807) is 16.7 Å². The van der Waals surface area contributed by atoms with Crippen molar-refractivity contribution in [2.45, 2.75) is 78.6 Å². The Labute approximate surface area is 137 Å². The van der Waals surface area contributed by atoms with Crippen LogP contribution in [0.4, 0.5) is 0 Å². The predicted molar refractivity (Wildman–Crippen MR) is 101 cm³/mol. The Morgan fingerprint density at radius 3 is 1.80 bits per heavy atom. The van der Waals surface area contributed by atoms with Crippen molar-refractivity contribution in [3.8, 4) is 0 Å². The van der Waals surface area contributed by atoms with Gasteiger partial charge in [0.25, 0.3) is 0 Å². The number of halogens is 1. The molecule has 1 atom stereocenters. The van der Waals surface area contributed by atoms with Crippen LogP contribution in [0.5, 0.6) is 0 Å². The molecule has 0 aliphatic rings. The molecule has 1 unspecified atom stereocenters. The van der Waals surface area contributed by atoms with Crippen molar-refractivity contribution in [3.63, 3.8) is 0 Å². The van der Waals surface area contributed by atoms with Crippen LogP contribution >= 0.6 is 25.8 Å². The second kappa shape index (κ2) is 11.8. The second-order valence-electron chi connectivity index (χ2n) is 5.47. The van der Waals surface area contributed by atoms with Gasteiger partial charge in [0, 0.05) is 4.47 Å². The lowest BCUT2D eigenvalue weighted by Crippen LogP contribution is -2.02. The van der Waals surface area contributed by atoms with Gasteiger partial charge >= 0.3 is 0 Å². The maximum atomic E-state index is 3.77. The van der Waals surface area contributed by atoms with Crippen LogP contribution in [-0.4, -0.2) is 0 Å². The summed E-state index contributed by atoms with van der Waals surface area (Å²) in [5.74, 6) is 0. The largest absolute Gasteiger partial charge is 0.153 e. The lowest BCUT2D eigenvalue weighted by molar-refractivity contribution is 0.733. The number of rotatable bonds is 9. The first-order valence-electron chi connectivity index (χ1n) is 8.03. The monoisotopic (exact) mass is 358 g/mol. The summed E-state index contributed by atoms with van der Waals surface area (Å²) < 4.78 is 1.33. The molecule has 0 saturated carbocycles. The molecule has 0 aromatic heterocycles. The standard InChI is InChI=1S/C18H29Br.H3P/c1-4-7-10-15-13-14-18(19)17(12-9-6-3)16(15)11-8-5-2;/h13-14H,4-12H2,1-3H3;1H3. The Bertz CT molecular complexity index is 374. The molecular weight excluding hydrogens is 327 g/mol. The quantitative estimate of drug-likeness (QED) is 0.440. The van der Waals surface area contributed by atoms with Crippen LogP contribution < -0.4 is 0 Å². The lowest BCUT2D eigenvalue weighted by atomic mass is 9.91. The minimum Gasteiger partial charge on any atom is -0.153 e. The Morgan fingerprint density at radius 1 is 0.750 bits per heavy atom. The van der Waals surface area contributed by atoms with Crippen molar-refractivity contribution in [1.82, 2.24) is 0 Å². The van der Waals surface area contributed by atoms with Crippen LogP contribution in [0.2, 0.25) is 0 Å². The molecule has 1 aromatic rings. The summed E-state index contributed by atoms with van der Waals surface area (Å²) in [6.45, 7) is 6.85. The molecule has 0 saturated heterocycles. The molecule has 0 radical (unpaired) electrons. The van der Waals surface area contributed by atoms with E-state index in [1.807, 2.05) is 0 Å². The Balaban J connectivity index is 0.00000361. The van der Waals surface area contributed by atoms with Crippen molar-refractivity contribution in [3.05, 3.63) is 33.3 Å². The van der Waals surface area contributed by atoms with E-state index >= 15 is 0 Å². The van der Waals surface area contributed by atoms with Crippen LogP contribution in [-0.2, 0) is 19.3 Å². The predicted octanol–water partition coefficient (Wildman–Crippen LogP) is 6.54. The molecule has 0 heterocycles. The molecule has 1 rings (SSSR count). The molecule has 0 N–H and O–H groups in total. The third-order valence-electron chi connectivity index (χ3n) is 3.83. The van der Waals surface area contributed by atoms with Gasteiger partial charge in [0.05, 0.1) is 0 Å². The third kappa shape index (κ3) is 6.27. The van der Waals surface area contributed by atoms with E-state index < -0.39 is 0 Å². The van der Waals surface area contributed by atoms with Crippen LogP contribution in [0.3, 0.4) is 0 Å². The SMILES string of the molecule is CCCCc1ccc(Br)c(CCCC)c1CCCC.P. The van der Waals surface area contributed by atoms with E-state index in [4.69, 9.17) is 0 Å². The molecule has 20 heavy (non-hydrogen) atoms. The summed E-state index contributed by atoms with van der Waals surface area (Å²) in [6.07, 6.45) is 11.5. The summed E-state index contributed by atoms with van der Waals surface area (Å²) in [7, 11) is 0. The molecule has 0 nitrogen and oxygen atoms in total. The summed E-state index contributed by atoms with van der Waals surface area (Å²) in [5, 5.41) is 0. The number of unbranched alkanes of at least 4 members (excludes halogenated alkanes) is 3. The van der Waals surface area contributed by atoms with Gasteiger partial charge in [-0.1, -0.05) is 62.0 Å². The number of hydrogen-bond donors (Lipinski definition) is 0. The fourth-order valence-corrected chi connectivity index (χ4v) is 3.17.